The van der Waals surface area contributed by atoms with Crippen LogP contribution in [0.4, 0.5) is 0 Å². The zero-order valence-electron chi connectivity index (χ0n) is 16.7. The SMILES string of the molecule is COc1ccc([C@@H]2CN(C(=O)C(=O)O)C[C@@]2(C)[C@@H](C)O)cc1OC1CCCC1. The van der Waals surface area contributed by atoms with Crippen molar-refractivity contribution in [3.05, 3.63) is 23.8 Å². The highest BCUT2D eigenvalue weighted by Crippen LogP contribution is 2.47. The van der Waals surface area contributed by atoms with Crippen LogP contribution in [0.5, 0.6) is 11.5 Å². The number of amides is 1. The lowest BCUT2D eigenvalue weighted by Gasteiger charge is -2.34. The second kappa shape index (κ2) is 7.99. The van der Waals surface area contributed by atoms with Crippen LogP contribution < -0.4 is 9.47 Å². The summed E-state index contributed by atoms with van der Waals surface area (Å²) in [5.41, 5.74) is 0.238. The number of nitrogens with zero attached hydrogens (tertiary/aromatic N) is 1. The van der Waals surface area contributed by atoms with E-state index in [9.17, 15) is 14.7 Å². The van der Waals surface area contributed by atoms with E-state index >= 15 is 0 Å². The Morgan fingerprint density at radius 3 is 2.50 bits per heavy atom. The number of aliphatic hydroxyl groups is 1. The van der Waals surface area contributed by atoms with Gasteiger partial charge in [0.05, 0.1) is 19.3 Å². The zero-order chi connectivity index (χ0) is 20.5. The summed E-state index contributed by atoms with van der Waals surface area (Å²) in [5, 5.41) is 19.5. The summed E-state index contributed by atoms with van der Waals surface area (Å²) in [4.78, 5) is 24.5. The molecule has 1 saturated heterocycles. The molecule has 0 bridgehead atoms. The number of ether oxygens (including phenoxy) is 2. The topological polar surface area (TPSA) is 96.3 Å². The third-order valence-corrected chi connectivity index (χ3v) is 6.34. The maximum atomic E-state index is 12.0. The summed E-state index contributed by atoms with van der Waals surface area (Å²) in [5.74, 6) is -1.33. The lowest BCUT2D eigenvalue weighted by atomic mass is 9.72. The number of carboxylic acids is 1. The highest BCUT2D eigenvalue weighted by molar-refractivity contribution is 6.31. The number of rotatable bonds is 5. The first-order valence-electron chi connectivity index (χ1n) is 9.81. The fraction of sp³-hybridized carbons (Fsp3) is 0.619. The van der Waals surface area contributed by atoms with Gasteiger partial charge in [0.1, 0.15) is 0 Å². The van der Waals surface area contributed by atoms with Gasteiger partial charge in [-0.25, -0.2) is 4.79 Å². The predicted molar refractivity (Wildman–Crippen MR) is 103 cm³/mol. The minimum absolute atomic E-state index is 0.168. The molecule has 7 nitrogen and oxygen atoms in total. The quantitative estimate of drug-likeness (QED) is 0.749. The maximum Gasteiger partial charge on any atom is 0.394 e. The zero-order valence-corrected chi connectivity index (χ0v) is 16.7. The standard InChI is InChI=1S/C21H29NO6/c1-13(23)21(2)12-22(19(24)20(25)26)11-16(21)14-8-9-17(27-3)18(10-14)28-15-6-4-5-7-15/h8-10,13,15-16,23H,4-7,11-12H2,1-3H3,(H,25,26)/t13-,16+,21+/m1/s1. The fourth-order valence-corrected chi connectivity index (χ4v) is 4.40. The molecule has 0 radical (unpaired) electrons. The van der Waals surface area contributed by atoms with Crippen LogP contribution in [0.3, 0.4) is 0 Å². The van der Waals surface area contributed by atoms with Gasteiger partial charge in [-0.1, -0.05) is 13.0 Å². The van der Waals surface area contributed by atoms with Crippen LogP contribution in [-0.2, 0) is 9.59 Å². The average molecular weight is 391 g/mol. The molecule has 154 valence electrons. The van der Waals surface area contributed by atoms with Gasteiger partial charge in [-0.2, -0.15) is 0 Å². The molecule has 1 heterocycles. The van der Waals surface area contributed by atoms with E-state index in [1.54, 1.807) is 14.0 Å². The summed E-state index contributed by atoms with van der Waals surface area (Å²) in [7, 11) is 1.60. The lowest BCUT2D eigenvalue weighted by molar-refractivity contribution is -0.155. The second-order valence-corrected chi connectivity index (χ2v) is 8.16. The summed E-state index contributed by atoms with van der Waals surface area (Å²) in [6, 6.07) is 5.65. The highest BCUT2D eigenvalue weighted by atomic mass is 16.5. The van der Waals surface area contributed by atoms with Crippen LogP contribution >= 0.6 is 0 Å². The van der Waals surface area contributed by atoms with Crippen molar-refractivity contribution in [2.45, 2.75) is 57.7 Å². The molecular weight excluding hydrogens is 362 g/mol. The van der Waals surface area contributed by atoms with Gasteiger partial charge >= 0.3 is 11.9 Å². The predicted octanol–water partition coefficient (Wildman–Crippen LogP) is 2.41. The van der Waals surface area contributed by atoms with Gasteiger partial charge in [0.15, 0.2) is 11.5 Å². The fourth-order valence-electron chi connectivity index (χ4n) is 4.40. The molecule has 3 atom stereocenters. The molecule has 1 aromatic rings. The molecule has 0 unspecified atom stereocenters. The van der Waals surface area contributed by atoms with Gasteiger partial charge < -0.3 is 24.6 Å². The minimum Gasteiger partial charge on any atom is -0.493 e. The van der Waals surface area contributed by atoms with Crippen molar-refractivity contribution >= 4 is 11.9 Å². The Labute approximate surface area is 165 Å². The number of methoxy groups -OCH3 is 1. The summed E-state index contributed by atoms with van der Waals surface area (Å²) in [6.07, 6.45) is 3.79. The molecule has 1 amide bonds. The summed E-state index contributed by atoms with van der Waals surface area (Å²) in [6.45, 7) is 3.99. The van der Waals surface area contributed by atoms with Gasteiger partial charge in [-0.05, 0) is 50.3 Å². The van der Waals surface area contributed by atoms with Gasteiger partial charge in [0.2, 0.25) is 0 Å². The number of hydrogen-bond acceptors (Lipinski definition) is 5. The average Bonchev–Trinajstić information content (AvgIpc) is 3.29. The number of carbonyl (C=O) groups is 2. The van der Waals surface area contributed by atoms with Crippen molar-refractivity contribution in [2.75, 3.05) is 20.2 Å². The maximum absolute atomic E-state index is 12.0. The van der Waals surface area contributed by atoms with Gasteiger partial charge in [-0.3, -0.25) is 4.79 Å². The molecule has 3 rings (SSSR count). The van der Waals surface area contributed by atoms with Crippen LogP contribution in [-0.4, -0.2) is 59.4 Å². The van der Waals surface area contributed by atoms with E-state index in [0.717, 1.165) is 31.2 Å². The first-order valence-corrected chi connectivity index (χ1v) is 9.81. The molecule has 1 saturated carbocycles. The number of likely N-dealkylation sites (tertiary alicyclic amines) is 1. The number of aliphatic hydroxyl groups excluding tert-OH is 1. The highest BCUT2D eigenvalue weighted by Gasteiger charge is 2.49. The molecule has 1 aliphatic carbocycles. The van der Waals surface area contributed by atoms with Gasteiger partial charge in [-0.15, -0.1) is 0 Å². The Bertz CT molecular complexity index is 742. The molecule has 2 N–H and O–H groups in total. The Morgan fingerprint density at radius 1 is 1.25 bits per heavy atom. The molecule has 1 aromatic carbocycles. The smallest absolute Gasteiger partial charge is 0.394 e. The Hall–Kier alpha value is -2.28. The molecule has 2 fully saturated rings. The number of carbonyl (C=O) groups excluding carboxylic acids is 1. The van der Waals surface area contributed by atoms with Crippen molar-refractivity contribution in [2.24, 2.45) is 5.41 Å². The lowest BCUT2D eigenvalue weighted by Crippen LogP contribution is -2.39. The first kappa shape index (κ1) is 20.5. The normalized spacial score (nSPS) is 26.3. The van der Waals surface area contributed by atoms with E-state index in [-0.39, 0.29) is 25.1 Å². The van der Waals surface area contributed by atoms with Crippen molar-refractivity contribution in [1.29, 1.82) is 0 Å². The molecule has 0 spiro atoms. The van der Waals surface area contributed by atoms with Crippen LogP contribution in [0.1, 0.15) is 51.0 Å². The van der Waals surface area contributed by atoms with E-state index in [4.69, 9.17) is 14.6 Å². The van der Waals surface area contributed by atoms with Crippen LogP contribution in [0, 0.1) is 5.41 Å². The first-order chi connectivity index (χ1) is 13.3. The van der Waals surface area contributed by atoms with Crippen molar-refractivity contribution in [3.63, 3.8) is 0 Å². The van der Waals surface area contributed by atoms with Crippen molar-refractivity contribution < 1.29 is 29.3 Å². The van der Waals surface area contributed by atoms with Crippen molar-refractivity contribution in [1.82, 2.24) is 4.90 Å². The number of carboxylic acid groups (broad SMARTS) is 1. The minimum atomic E-state index is -1.48. The summed E-state index contributed by atoms with van der Waals surface area (Å²) >= 11 is 0. The van der Waals surface area contributed by atoms with E-state index in [2.05, 4.69) is 0 Å². The summed E-state index contributed by atoms with van der Waals surface area (Å²) < 4.78 is 11.6. The molecule has 0 aromatic heterocycles. The van der Waals surface area contributed by atoms with Gasteiger partial charge in [0, 0.05) is 24.4 Å². The van der Waals surface area contributed by atoms with E-state index in [1.807, 2.05) is 25.1 Å². The number of hydrogen-bond donors (Lipinski definition) is 2. The van der Waals surface area contributed by atoms with Crippen molar-refractivity contribution in [3.8, 4) is 11.5 Å². The Balaban J connectivity index is 1.92. The van der Waals surface area contributed by atoms with Crippen LogP contribution in [0.2, 0.25) is 0 Å². The molecular formula is C21H29NO6. The largest absolute Gasteiger partial charge is 0.493 e. The van der Waals surface area contributed by atoms with Crippen LogP contribution in [0.15, 0.2) is 18.2 Å². The molecule has 28 heavy (non-hydrogen) atoms. The second-order valence-electron chi connectivity index (χ2n) is 8.16. The molecule has 1 aliphatic heterocycles. The Kier molecular flexibility index (Phi) is 5.84. The van der Waals surface area contributed by atoms with Gasteiger partial charge in [0.25, 0.3) is 0 Å². The third-order valence-electron chi connectivity index (χ3n) is 6.34. The number of aliphatic carboxylic acids is 1. The number of benzene rings is 1. The monoisotopic (exact) mass is 391 g/mol. The van der Waals surface area contributed by atoms with E-state index in [0.29, 0.717) is 11.5 Å². The molecule has 2 aliphatic rings. The molecule has 7 heteroatoms. The van der Waals surface area contributed by atoms with Crippen LogP contribution in [0.25, 0.3) is 0 Å². The Morgan fingerprint density at radius 2 is 1.93 bits per heavy atom. The van der Waals surface area contributed by atoms with E-state index in [1.165, 1.54) is 4.90 Å². The van der Waals surface area contributed by atoms with E-state index < -0.39 is 23.4 Å². The third kappa shape index (κ3) is 3.81.